The number of ether oxygens (including phenoxy) is 1. The molecule has 110 valence electrons. The van der Waals surface area contributed by atoms with Gasteiger partial charge in [-0.2, -0.15) is 13.2 Å². The maximum absolute atomic E-state index is 12.9. The van der Waals surface area contributed by atoms with Crippen molar-refractivity contribution in [2.75, 3.05) is 7.11 Å². The molecule has 0 heterocycles. The van der Waals surface area contributed by atoms with Gasteiger partial charge in [0.25, 0.3) is 0 Å². The van der Waals surface area contributed by atoms with Gasteiger partial charge in [-0.3, -0.25) is 0 Å². The van der Waals surface area contributed by atoms with Gasteiger partial charge in [0.15, 0.2) is 0 Å². The summed E-state index contributed by atoms with van der Waals surface area (Å²) in [7, 11) is 1.52. The van der Waals surface area contributed by atoms with E-state index in [1.807, 2.05) is 0 Å². The van der Waals surface area contributed by atoms with Crippen LogP contribution < -0.4 is 10.5 Å². The molecule has 0 aliphatic carbocycles. The topological polar surface area (TPSA) is 47.6 Å². The van der Waals surface area contributed by atoms with E-state index < -0.39 is 11.7 Å². The first-order chi connectivity index (χ1) is 9.91. The monoisotopic (exact) mass is 294 g/mol. The van der Waals surface area contributed by atoms with Crippen LogP contribution in [-0.4, -0.2) is 12.9 Å². The van der Waals surface area contributed by atoms with E-state index in [0.717, 1.165) is 6.07 Å². The van der Waals surface area contributed by atoms with Gasteiger partial charge in [0.2, 0.25) is 0 Å². The number of benzene rings is 2. The predicted octanol–water partition coefficient (Wildman–Crippen LogP) is 3.75. The molecule has 0 amide bonds. The Labute approximate surface area is 119 Å². The van der Waals surface area contributed by atoms with Crippen LogP contribution in [0.5, 0.6) is 5.75 Å². The Balaban J connectivity index is 2.39. The van der Waals surface area contributed by atoms with E-state index in [9.17, 15) is 13.2 Å². The first kappa shape index (κ1) is 14.9. The Morgan fingerprint density at radius 1 is 1.05 bits per heavy atom. The molecule has 0 spiro atoms. The Hall–Kier alpha value is -2.50. The van der Waals surface area contributed by atoms with Gasteiger partial charge in [0, 0.05) is 5.56 Å². The molecular weight excluding hydrogens is 281 g/mol. The van der Waals surface area contributed by atoms with Crippen LogP contribution in [0.25, 0.3) is 0 Å². The van der Waals surface area contributed by atoms with Crippen molar-refractivity contribution in [1.82, 2.24) is 0 Å². The third-order valence-corrected chi connectivity index (χ3v) is 2.83. The van der Waals surface area contributed by atoms with Gasteiger partial charge in [0.05, 0.1) is 18.4 Å². The largest absolute Gasteiger partial charge is 0.497 e. The highest BCUT2D eigenvalue weighted by Gasteiger charge is 2.33. The van der Waals surface area contributed by atoms with Gasteiger partial charge in [-0.05, 0) is 30.3 Å². The molecule has 6 heteroatoms. The van der Waals surface area contributed by atoms with Gasteiger partial charge >= 0.3 is 6.18 Å². The average Bonchev–Trinajstić information content (AvgIpc) is 2.47. The molecule has 2 aromatic rings. The van der Waals surface area contributed by atoms with E-state index in [1.54, 1.807) is 24.3 Å². The average molecular weight is 294 g/mol. The second-order valence-electron chi connectivity index (χ2n) is 4.24. The van der Waals surface area contributed by atoms with Gasteiger partial charge in [0.1, 0.15) is 11.6 Å². The minimum absolute atomic E-state index is 0.138. The van der Waals surface area contributed by atoms with E-state index >= 15 is 0 Å². The predicted molar refractivity (Wildman–Crippen MR) is 74.8 cm³/mol. The molecular formula is C15H13F3N2O. The minimum Gasteiger partial charge on any atom is -0.497 e. The molecule has 0 radical (unpaired) electrons. The molecule has 21 heavy (non-hydrogen) atoms. The maximum Gasteiger partial charge on any atom is 0.417 e. The van der Waals surface area contributed by atoms with Crippen molar-refractivity contribution < 1.29 is 17.9 Å². The molecule has 0 saturated carbocycles. The molecule has 3 nitrogen and oxygen atoms in total. The number of alkyl halides is 3. The molecule has 0 fully saturated rings. The molecule has 0 atom stereocenters. The van der Waals surface area contributed by atoms with Crippen LogP contribution >= 0.6 is 0 Å². The maximum atomic E-state index is 12.9. The summed E-state index contributed by atoms with van der Waals surface area (Å²) in [6, 6.07) is 11.6. The molecule has 0 aliphatic rings. The van der Waals surface area contributed by atoms with Gasteiger partial charge in [-0.25, -0.2) is 4.99 Å². The Kier molecular flexibility index (Phi) is 4.16. The van der Waals surface area contributed by atoms with E-state index in [2.05, 4.69) is 4.99 Å². The van der Waals surface area contributed by atoms with Crippen LogP contribution in [0.15, 0.2) is 53.5 Å². The normalized spacial score (nSPS) is 12.3. The standard InChI is InChI=1S/C15H13F3N2O/c1-21-11-8-6-10(7-9-11)20-14(19)12-4-2-3-5-13(12)15(16,17)18/h2-9H,1H3,(H2,19,20). The van der Waals surface area contributed by atoms with Crippen LogP contribution in [0, 0.1) is 0 Å². The van der Waals surface area contributed by atoms with Crippen LogP contribution in [0.3, 0.4) is 0 Å². The lowest BCUT2D eigenvalue weighted by atomic mass is 10.1. The van der Waals surface area contributed by atoms with Crippen LogP contribution in [0.4, 0.5) is 18.9 Å². The Bertz CT molecular complexity index is 649. The first-order valence-electron chi connectivity index (χ1n) is 6.06. The number of nitrogens with two attached hydrogens (primary N) is 1. The van der Waals surface area contributed by atoms with E-state index in [1.165, 1.54) is 25.3 Å². The number of aliphatic imine (C=N–C) groups is 1. The van der Waals surface area contributed by atoms with Crippen molar-refractivity contribution in [2.24, 2.45) is 10.7 Å². The smallest absolute Gasteiger partial charge is 0.417 e. The molecule has 0 aliphatic heterocycles. The third kappa shape index (κ3) is 3.53. The quantitative estimate of drug-likeness (QED) is 0.692. The number of halogens is 3. The fraction of sp³-hybridized carbons (Fsp3) is 0.133. The third-order valence-electron chi connectivity index (χ3n) is 2.83. The number of amidine groups is 1. The van der Waals surface area contributed by atoms with Gasteiger partial charge in [-0.1, -0.05) is 18.2 Å². The van der Waals surface area contributed by atoms with Crippen LogP contribution in [0.1, 0.15) is 11.1 Å². The van der Waals surface area contributed by atoms with Gasteiger partial charge in [-0.15, -0.1) is 0 Å². The summed E-state index contributed by atoms with van der Waals surface area (Å²) in [6.07, 6.45) is -4.48. The van der Waals surface area contributed by atoms with Crippen molar-refractivity contribution in [3.8, 4) is 5.75 Å². The zero-order chi connectivity index (χ0) is 15.5. The number of nitrogens with zero attached hydrogens (tertiary/aromatic N) is 1. The molecule has 0 aromatic heterocycles. The fourth-order valence-corrected chi connectivity index (χ4v) is 1.81. The van der Waals surface area contributed by atoms with Crippen LogP contribution in [-0.2, 0) is 6.18 Å². The Morgan fingerprint density at radius 3 is 2.24 bits per heavy atom. The van der Waals surface area contributed by atoms with E-state index in [0.29, 0.717) is 11.4 Å². The SMILES string of the molecule is COc1ccc(N=C(N)c2ccccc2C(F)(F)F)cc1. The zero-order valence-electron chi connectivity index (χ0n) is 11.2. The molecule has 0 bridgehead atoms. The summed E-state index contributed by atoms with van der Waals surface area (Å²) in [5.74, 6) is 0.441. The lowest BCUT2D eigenvalue weighted by Crippen LogP contribution is -2.19. The molecule has 2 N–H and O–H groups in total. The van der Waals surface area contributed by atoms with E-state index in [4.69, 9.17) is 10.5 Å². The fourth-order valence-electron chi connectivity index (χ4n) is 1.81. The number of methoxy groups -OCH3 is 1. The molecule has 0 saturated heterocycles. The second kappa shape index (κ2) is 5.87. The summed E-state index contributed by atoms with van der Waals surface area (Å²) in [5, 5.41) is 0. The van der Waals surface area contributed by atoms with Crippen molar-refractivity contribution >= 4 is 11.5 Å². The Morgan fingerprint density at radius 2 is 1.67 bits per heavy atom. The van der Waals surface area contributed by atoms with Crippen molar-refractivity contribution in [3.05, 3.63) is 59.7 Å². The van der Waals surface area contributed by atoms with Crippen molar-refractivity contribution in [1.29, 1.82) is 0 Å². The lowest BCUT2D eigenvalue weighted by molar-refractivity contribution is -0.137. The summed E-state index contributed by atoms with van der Waals surface area (Å²) in [6.45, 7) is 0. The number of hydrogen-bond acceptors (Lipinski definition) is 2. The summed E-state index contributed by atoms with van der Waals surface area (Å²) >= 11 is 0. The number of rotatable bonds is 3. The molecule has 2 rings (SSSR count). The summed E-state index contributed by atoms with van der Waals surface area (Å²) < 4.78 is 43.8. The highest BCUT2D eigenvalue weighted by molar-refractivity contribution is 6.00. The number of hydrogen-bond donors (Lipinski definition) is 1. The molecule has 0 unspecified atom stereocenters. The van der Waals surface area contributed by atoms with Crippen LogP contribution in [0.2, 0.25) is 0 Å². The zero-order valence-corrected chi connectivity index (χ0v) is 11.2. The highest BCUT2D eigenvalue weighted by Crippen LogP contribution is 2.32. The summed E-state index contributed by atoms with van der Waals surface area (Å²) in [4.78, 5) is 4.02. The van der Waals surface area contributed by atoms with Crippen molar-refractivity contribution in [2.45, 2.75) is 6.18 Å². The lowest BCUT2D eigenvalue weighted by Gasteiger charge is -2.12. The van der Waals surface area contributed by atoms with E-state index in [-0.39, 0.29) is 11.4 Å². The van der Waals surface area contributed by atoms with Crippen molar-refractivity contribution in [3.63, 3.8) is 0 Å². The minimum atomic E-state index is -4.48. The highest BCUT2D eigenvalue weighted by atomic mass is 19.4. The summed E-state index contributed by atoms with van der Waals surface area (Å²) in [5.41, 5.74) is 5.22. The molecule has 2 aromatic carbocycles. The first-order valence-corrected chi connectivity index (χ1v) is 6.06. The second-order valence-corrected chi connectivity index (χ2v) is 4.24. The van der Waals surface area contributed by atoms with Gasteiger partial charge < -0.3 is 10.5 Å².